The summed E-state index contributed by atoms with van der Waals surface area (Å²) in [5.41, 5.74) is 1.23. The highest BCUT2D eigenvalue weighted by molar-refractivity contribution is 8.04. The SMILES string of the molecule is O=C1NCCC(c2ccc(Cl)cc2)C2C=C(N3CCO[C@H](CO)C3)SC12. The van der Waals surface area contributed by atoms with Crippen molar-refractivity contribution in [2.45, 2.75) is 23.7 Å². The number of carbonyl (C=O) groups is 1. The zero-order chi connectivity index (χ0) is 18.1. The minimum atomic E-state index is -0.156. The molecule has 1 aromatic carbocycles. The number of hydrogen-bond donors (Lipinski definition) is 2. The van der Waals surface area contributed by atoms with E-state index in [1.165, 1.54) is 5.56 Å². The molecule has 2 fully saturated rings. The molecule has 140 valence electrons. The number of allylic oxidation sites excluding steroid dienone is 1. The Hall–Kier alpha value is -1.21. The third kappa shape index (κ3) is 3.60. The molecule has 2 saturated heterocycles. The van der Waals surface area contributed by atoms with Gasteiger partial charge in [0.2, 0.25) is 5.91 Å². The van der Waals surface area contributed by atoms with Gasteiger partial charge in [0.25, 0.3) is 0 Å². The third-order valence-corrected chi connectivity index (χ3v) is 7.03. The molecule has 4 atom stereocenters. The zero-order valence-corrected chi connectivity index (χ0v) is 16.0. The molecule has 4 rings (SSSR count). The highest BCUT2D eigenvalue weighted by atomic mass is 35.5. The standard InChI is InChI=1S/C19H23ClN2O3S/c20-13-3-1-12(2-4-13)15-5-6-21-19(24)18-16(15)9-17(26-18)22-7-8-25-14(10-22)11-23/h1-4,9,14-16,18,23H,5-8,10-11H2,(H,21,24)/t14-,15?,16?,18?/m0/s1. The van der Waals surface area contributed by atoms with Crippen molar-refractivity contribution in [3.63, 3.8) is 0 Å². The zero-order valence-electron chi connectivity index (χ0n) is 14.4. The van der Waals surface area contributed by atoms with Crippen LogP contribution in [0.4, 0.5) is 0 Å². The number of morpholine rings is 1. The number of ether oxygens (including phenoxy) is 1. The summed E-state index contributed by atoms with van der Waals surface area (Å²) in [6.45, 7) is 2.79. The Morgan fingerprint density at radius 1 is 1.35 bits per heavy atom. The average Bonchev–Trinajstić information content (AvgIpc) is 3.05. The van der Waals surface area contributed by atoms with Gasteiger partial charge in [-0.25, -0.2) is 0 Å². The van der Waals surface area contributed by atoms with Crippen molar-refractivity contribution in [1.82, 2.24) is 10.2 Å². The van der Waals surface area contributed by atoms with Gasteiger partial charge in [-0.1, -0.05) is 35.5 Å². The summed E-state index contributed by atoms with van der Waals surface area (Å²) in [6.07, 6.45) is 3.03. The second-order valence-corrected chi connectivity index (χ2v) is 8.58. The molecular weight excluding hydrogens is 372 g/mol. The summed E-state index contributed by atoms with van der Waals surface area (Å²) in [6, 6.07) is 8.00. The van der Waals surface area contributed by atoms with E-state index in [4.69, 9.17) is 16.3 Å². The third-order valence-electron chi connectivity index (χ3n) is 5.36. The number of nitrogens with zero attached hydrogens (tertiary/aromatic N) is 1. The summed E-state index contributed by atoms with van der Waals surface area (Å²) in [4.78, 5) is 14.9. The molecule has 0 aliphatic carbocycles. The van der Waals surface area contributed by atoms with Crippen LogP contribution in [0, 0.1) is 5.92 Å². The molecule has 1 amide bonds. The van der Waals surface area contributed by atoms with Gasteiger partial charge in [-0.2, -0.15) is 0 Å². The van der Waals surface area contributed by atoms with Crippen LogP contribution >= 0.6 is 23.4 Å². The summed E-state index contributed by atoms with van der Waals surface area (Å²) in [7, 11) is 0. The smallest absolute Gasteiger partial charge is 0.234 e. The minimum absolute atomic E-state index is 0.0230. The second kappa shape index (κ2) is 7.80. The molecule has 5 nitrogen and oxygen atoms in total. The van der Waals surface area contributed by atoms with Gasteiger partial charge in [-0.3, -0.25) is 4.79 Å². The highest BCUT2D eigenvalue weighted by Gasteiger charge is 2.42. The molecule has 1 aromatic rings. The summed E-state index contributed by atoms with van der Waals surface area (Å²) >= 11 is 7.70. The van der Waals surface area contributed by atoms with Crippen molar-refractivity contribution in [1.29, 1.82) is 0 Å². The lowest BCUT2D eigenvalue weighted by Gasteiger charge is -2.34. The van der Waals surface area contributed by atoms with Crippen LogP contribution in [0.15, 0.2) is 35.4 Å². The van der Waals surface area contributed by atoms with Crippen LogP contribution in [-0.2, 0) is 9.53 Å². The molecular formula is C19H23ClN2O3S. The van der Waals surface area contributed by atoms with Gasteiger partial charge in [0.15, 0.2) is 0 Å². The van der Waals surface area contributed by atoms with Crippen molar-refractivity contribution in [2.75, 3.05) is 32.8 Å². The van der Waals surface area contributed by atoms with E-state index >= 15 is 0 Å². The van der Waals surface area contributed by atoms with E-state index in [1.807, 2.05) is 12.1 Å². The predicted molar refractivity (Wildman–Crippen MR) is 103 cm³/mol. The van der Waals surface area contributed by atoms with Gasteiger partial charge in [0.05, 0.1) is 29.6 Å². The van der Waals surface area contributed by atoms with Crippen LogP contribution in [-0.4, -0.2) is 60.1 Å². The molecule has 3 heterocycles. The first-order chi connectivity index (χ1) is 12.7. The van der Waals surface area contributed by atoms with E-state index in [2.05, 4.69) is 28.4 Å². The maximum atomic E-state index is 12.6. The van der Waals surface area contributed by atoms with Crippen molar-refractivity contribution >= 4 is 29.3 Å². The van der Waals surface area contributed by atoms with Gasteiger partial charge in [-0.15, -0.1) is 0 Å². The van der Waals surface area contributed by atoms with E-state index < -0.39 is 0 Å². The Bertz CT molecular complexity index is 697. The summed E-state index contributed by atoms with van der Waals surface area (Å²) < 4.78 is 5.56. The first-order valence-corrected chi connectivity index (χ1v) is 10.3. The fraction of sp³-hybridized carbons (Fsp3) is 0.526. The Balaban J connectivity index is 1.60. The number of nitrogens with one attached hydrogen (secondary N) is 1. The first-order valence-electron chi connectivity index (χ1n) is 9.05. The number of aliphatic hydroxyl groups excluding tert-OH is 1. The quantitative estimate of drug-likeness (QED) is 0.823. The van der Waals surface area contributed by atoms with Gasteiger partial charge >= 0.3 is 0 Å². The van der Waals surface area contributed by atoms with E-state index in [9.17, 15) is 9.90 Å². The molecule has 3 aliphatic rings. The number of rotatable bonds is 3. The normalized spacial score (nSPS) is 31.8. The van der Waals surface area contributed by atoms with E-state index in [0.29, 0.717) is 19.7 Å². The molecule has 0 aromatic heterocycles. The van der Waals surface area contributed by atoms with Crippen molar-refractivity contribution in [3.8, 4) is 0 Å². The summed E-state index contributed by atoms with van der Waals surface area (Å²) in [5, 5.41) is 14.2. The summed E-state index contributed by atoms with van der Waals surface area (Å²) in [5.74, 6) is 0.569. The Morgan fingerprint density at radius 2 is 2.15 bits per heavy atom. The Kier molecular flexibility index (Phi) is 5.45. The van der Waals surface area contributed by atoms with Crippen molar-refractivity contribution < 1.29 is 14.6 Å². The minimum Gasteiger partial charge on any atom is -0.394 e. The van der Waals surface area contributed by atoms with Crippen molar-refractivity contribution in [3.05, 3.63) is 46.0 Å². The lowest BCUT2D eigenvalue weighted by atomic mass is 9.82. The predicted octanol–water partition coefficient (Wildman–Crippen LogP) is 2.21. The van der Waals surface area contributed by atoms with Crippen LogP contribution in [0.1, 0.15) is 17.9 Å². The first kappa shape index (κ1) is 18.2. The number of thioether (sulfide) groups is 1. The molecule has 0 saturated carbocycles. The molecule has 0 bridgehead atoms. The van der Waals surface area contributed by atoms with E-state index in [1.54, 1.807) is 11.8 Å². The van der Waals surface area contributed by atoms with Gasteiger partial charge < -0.3 is 20.1 Å². The maximum Gasteiger partial charge on any atom is 0.234 e. The van der Waals surface area contributed by atoms with Crippen LogP contribution in [0.25, 0.3) is 0 Å². The molecule has 0 spiro atoms. The molecule has 2 N–H and O–H groups in total. The van der Waals surface area contributed by atoms with Gasteiger partial charge in [0, 0.05) is 30.6 Å². The molecule has 3 aliphatic heterocycles. The fourth-order valence-electron chi connectivity index (χ4n) is 4.01. The van der Waals surface area contributed by atoms with Gasteiger partial charge in [0.1, 0.15) is 0 Å². The van der Waals surface area contributed by atoms with Crippen LogP contribution < -0.4 is 5.32 Å². The number of aliphatic hydroxyl groups is 1. The Labute approximate surface area is 162 Å². The van der Waals surface area contributed by atoms with E-state index in [0.717, 1.165) is 23.0 Å². The maximum absolute atomic E-state index is 12.6. The van der Waals surface area contributed by atoms with Crippen molar-refractivity contribution in [2.24, 2.45) is 5.92 Å². The van der Waals surface area contributed by atoms with Crippen LogP contribution in [0.2, 0.25) is 5.02 Å². The number of benzene rings is 1. The molecule has 0 radical (unpaired) electrons. The van der Waals surface area contributed by atoms with E-state index in [-0.39, 0.29) is 35.7 Å². The lowest BCUT2D eigenvalue weighted by Crippen LogP contribution is -2.42. The number of halogens is 1. The Morgan fingerprint density at radius 3 is 2.92 bits per heavy atom. The monoisotopic (exact) mass is 394 g/mol. The largest absolute Gasteiger partial charge is 0.394 e. The topological polar surface area (TPSA) is 61.8 Å². The number of hydrogen-bond acceptors (Lipinski definition) is 5. The molecule has 3 unspecified atom stereocenters. The highest BCUT2D eigenvalue weighted by Crippen LogP contribution is 2.47. The van der Waals surface area contributed by atoms with Gasteiger partial charge in [-0.05, 0) is 36.1 Å². The second-order valence-electron chi connectivity index (χ2n) is 6.98. The average molecular weight is 395 g/mol. The van der Waals surface area contributed by atoms with Crippen LogP contribution in [0.3, 0.4) is 0 Å². The number of amides is 1. The lowest BCUT2D eigenvalue weighted by molar-refractivity contribution is -0.120. The number of fused-ring (bicyclic) bond motifs is 1. The number of carbonyl (C=O) groups excluding carboxylic acids is 1. The van der Waals surface area contributed by atoms with Crippen LogP contribution in [0.5, 0.6) is 0 Å². The molecule has 26 heavy (non-hydrogen) atoms. The molecule has 7 heteroatoms. The fourth-order valence-corrected chi connectivity index (χ4v) is 5.56.